The molecule has 2 aliphatic rings. The zero-order valence-corrected chi connectivity index (χ0v) is 12.9. The van der Waals surface area contributed by atoms with Gasteiger partial charge in [0.2, 0.25) is 0 Å². The highest BCUT2D eigenvalue weighted by molar-refractivity contribution is 5.85. The van der Waals surface area contributed by atoms with Crippen molar-refractivity contribution in [2.75, 3.05) is 0 Å². The third kappa shape index (κ3) is 2.06. The van der Waals surface area contributed by atoms with Gasteiger partial charge in [0, 0.05) is 34.4 Å². The molecule has 22 heavy (non-hydrogen) atoms. The van der Waals surface area contributed by atoms with E-state index >= 15 is 0 Å². The fraction of sp³-hybridized carbons (Fsp3) is 0.333. The van der Waals surface area contributed by atoms with Crippen LogP contribution in [0.4, 0.5) is 0 Å². The molecule has 0 saturated carbocycles. The van der Waals surface area contributed by atoms with E-state index in [4.69, 9.17) is 14.2 Å². The predicted molar refractivity (Wildman–Crippen MR) is 82.6 cm³/mol. The Morgan fingerprint density at radius 3 is 2.14 bits per heavy atom. The van der Waals surface area contributed by atoms with Gasteiger partial charge in [-0.15, -0.1) is 0 Å². The normalized spacial score (nSPS) is 14.7. The average Bonchev–Trinajstić information content (AvgIpc) is 2.42. The first-order valence-electron chi connectivity index (χ1n) is 7.38. The summed E-state index contributed by atoms with van der Waals surface area (Å²) in [6.45, 7) is 6.93. The minimum absolute atomic E-state index is 0.205. The zero-order chi connectivity index (χ0) is 15.5. The molecule has 0 bridgehead atoms. The number of aromatic hydroxyl groups is 1. The molecule has 1 N–H and O–H groups in total. The van der Waals surface area contributed by atoms with E-state index in [0.29, 0.717) is 13.2 Å². The molecule has 0 radical (unpaired) electrons. The summed E-state index contributed by atoms with van der Waals surface area (Å²) in [5.41, 5.74) is 3.83. The second-order valence-electron chi connectivity index (χ2n) is 6.73. The van der Waals surface area contributed by atoms with Gasteiger partial charge in [-0.3, -0.25) is 0 Å². The summed E-state index contributed by atoms with van der Waals surface area (Å²) in [6, 6.07) is 7.35. The Morgan fingerprint density at radius 2 is 1.50 bits per heavy atom. The number of ether oxygens (including phenoxy) is 3. The summed E-state index contributed by atoms with van der Waals surface area (Å²) in [5.74, 6) is 2.53. The van der Waals surface area contributed by atoms with Crippen molar-refractivity contribution in [3.05, 3.63) is 35.4 Å². The lowest BCUT2D eigenvalue weighted by Gasteiger charge is -2.31. The van der Waals surface area contributed by atoms with E-state index in [1.54, 1.807) is 12.1 Å². The Morgan fingerprint density at radius 1 is 0.909 bits per heavy atom. The van der Waals surface area contributed by atoms with Crippen molar-refractivity contribution in [3.8, 4) is 34.1 Å². The highest BCUT2D eigenvalue weighted by Crippen LogP contribution is 2.50. The van der Waals surface area contributed by atoms with Gasteiger partial charge in [-0.05, 0) is 32.9 Å². The minimum atomic E-state index is -0.264. The van der Waals surface area contributed by atoms with E-state index in [1.165, 1.54) is 0 Å². The monoisotopic (exact) mass is 298 g/mol. The summed E-state index contributed by atoms with van der Waals surface area (Å²) in [6.07, 6.45) is 0. The molecule has 114 valence electrons. The molecule has 0 atom stereocenters. The zero-order valence-electron chi connectivity index (χ0n) is 12.9. The molecule has 0 spiro atoms. The predicted octanol–water partition coefficient (Wildman–Crippen LogP) is 4.02. The standard InChI is InChI=1S/C18H18O4/c1-18(2,3)22-13-5-11-9-20-14-6-12(19)4-10-8-21-15(7-13)17(11)16(10)14/h4-7,19H,8-9H2,1-3H3. The molecule has 2 aromatic rings. The smallest absolute Gasteiger partial charge is 0.131 e. The number of phenolic OH excluding ortho intramolecular Hbond substituents is 1. The average molecular weight is 298 g/mol. The van der Waals surface area contributed by atoms with Crippen LogP contribution in [0, 0.1) is 0 Å². The molecule has 4 nitrogen and oxygen atoms in total. The highest BCUT2D eigenvalue weighted by Gasteiger charge is 2.30. The van der Waals surface area contributed by atoms with Crippen molar-refractivity contribution < 1.29 is 19.3 Å². The van der Waals surface area contributed by atoms with Crippen LogP contribution in [-0.2, 0) is 13.2 Å². The third-order valence-corrected chi connectivity index (χ3v) is 3.77. The molecule has 2 aromatic carbocycles. The second-order valence-corrected chi connectivity index (χ2v) is 6.73. The lowest BCUT2D eigenvalue weighted by molar-refractivity contribution is 0.129. The summed E-state index contributed by atoms with van der Waals surface area (Å²) in [4.78, 5) is 0. The second kappa shape index (κ2) is 4.32. The Hall–Kier alpha value is -2.36. The lowest BCUT2D eigenvalue weighted by atomic mass is 9.90. The molecule has 0 saturated heterocycles. The van der Waals surface area contributed by atoms with E-state index in [9.17, 15) is 5.11 Å². The molecular formula is C18H18O4. The van der Waals surface area contributed by atoms with Gasteiger partial charge in [-0.2, -0.15) is 0 Å². The van der Waals surface area contributed by atoms with Crippen molar-refractivity contribution in [3.63, 3.8) is 0 Å². The van der Waals surface area contributed by atoms with Crippen molar-refractivity contribution >= 4 is 0 Å². The van der Waals surface area contributed by atoms with Crippen LogP contribution in [0.1, 0.15) is 31.9 Å². The van der Waals surface area contributed by atoms with Crippen LogP contribution < -0.4 is 14.2 Å². The Bertz CT molecular complexity index is 721. The van der Waals surface area contributed by atoms with Crippen LogP contribution in [0.3, 0.4) is 0 Å². The topological polar surface area (TPSA) is 47.9 Å². The Kier molecular flexibility index (Phi) is 2.61. The van der Waals surface area contributed by atoms with Crippen LogP contribution in [0.2, 0.25) is 0 Å². The van der Waals surface area contributed by atoms with E-state index < -0.39 is 0 Å². The molecule has 0 aliphatic carbocycles. The Balaban J connectivity index is 1.89. The third-order valence-electron chi connectivity index (χ3n) is 3.77. The number of hydrogen-bond donors (Lipinski definition) is 1. The first-order valence-corrected chi connectivity index (χ1v) is 7.38. The molecular weight excluding hydrogens is 280 g/mol. The van der Waals surface area contributed by atoms with Crippen molar-refractivity contribution in [1.29, 1.82) is 0 Å². The largest absolute Gasteiger partial charge is 0.508 e. The van der Waals surface area contributed by atoms with Gasteiger partial charge in [-0.25, -0.2) is 0 Å². The van der Waals surface area contributed by atoms with Crippen molar-refractivity contribution in [2.24, 2.45) is 0 Å². The van der Waals surface area contributed by atoms with Gasteiger partial charge >= 0.3 is 0 Å². The van der Waals surface area contributed by atoms with Gasteiger partial charge < -0.3 is 19.3 Å². The fourth-order valence-corrected chi connectivity index (χ4v) is 3.05. The highest BCUT2D eigenvalue weighted by atomic mass is 16.5. The summed E-state index contributed by atoms with van der Waals surface area (Å²) in [5, 5.41) is 9.78. The molecule has 4 rings (SSSR count). The van der Waals surface area contributed by atoms with E-state index in [1.807, 2.05) is 32.9 Å². The van der Waals surface area contributed by atoms with Gasteiger partial charge in [0.05, 0.1) is 0 Å². The number of hydrogen-bond acceptors (Lipinski definition) is 4. The maximum Gasteiger partial charge on any atom is 0.131 e. The number of rotatable bonds is 1. The molecule has 0 unspecified atom stereocenters. The van der Waals surface area contributed by atoms with E-state index in [2.05, 4.69) is 0 Å². The van der Waals surface area contributed by atoms with Gasteiger partial charge in [0.1, 0.15) is 41.8 Å². The molecule has 0 fully saturated rings. The Labute approximate surface area is 129 Å². The quantitative estimate of drug-likeness (QED) is 0.863. The fourth-order valence-electron chi connectivity index (χ4n) is 3.05. The minimum Gasteiger partial charge on any atom is -0.508 e. The molecule has 0 amide bonds. The van der Waals surface area contributed by atoms with Crippen LogP contribution >= 0.6 is 0 Å². The lowest BCUT2D eigenvalue weighted by Crippen LogP contribution is -2.23. The van der Waals surface area contributed by atoms with E-state index in [-0.39, 0.29) is 11.4 Å². The molecule has 4 heteroatoms. The SMILES string of the molecule is CC(C)(C)Oc1cc2c3c(c1)OCc1cc(O)cc(c1-3)OC2. The maximum atomic E-state index is 9.78. The van der Waals surface area contributed by atoms with Crippen molar-refractivity contribution in [1.82, 2.24) is 0 Å². The maximum absolute atomic E-state index is 9.78. The first kappa shape index (κ1) is 13.3. The summed E-state index contributed by atoms with van der Waals surface area (Å²) >= 11 is 0. The van der Waals surface area contributed by atoms with E-state index in [0.717, 1.165) is 39.5 Å². The van der Waals surface area contributed by atoms with Crippen LogP contribution in [0.25, 0.3) is 11.1 Å². The van der Waals surface area contributed by atoms with Crippen LogP contribution in [0.5, 0.6) is 23.0 Å². The van der Waals surface area contributed by atoms with Gasteiger partial charge in [0.25, 0.3) is 0 Å². The van der Waals surface area contributed by atoms with Gasteiger partial charge in [-0.1, -0.05) is 0 Å². The van der Waals surface area contributed by atoms with Crippen LogP contribution in [-0.4, -0.2) is 10.7 Å². The number of phenols is 1. The molecule has 0 aromatic heterocycles. The van der Waals surface area contributed by atoms with Gasteiger partial charge in [0.15, 0.2) is 0 Å². The van der Waals surface area contributed by atoms with Crippen LogP contribution in [0.15, 0.2) is 24.3 Å². The summed E-state index contributed by atoms with van der Waals surface area (Å²) < 4.78 is 17.7. The van der Waals surface area contributed by atoms with Crippen molar-refractivity contribution in [2.45, 2.75) is 39.6 Å². The number of benzene rings is 2. The molecule has 2 heterocycles. The summed E-state index contributed by atoms with van der Waals surface area (Å²) in [7, 11) is 0. The molecule has 2 aliphatic heterocycles. The first-order chi connectivity index (χ1) is 10.4.